The van der Waals surface area contributed by atoms with Crippen LogP contribution in [0.1, 0.15) is 0 Å². The van der Waals surface area contributed by atoms with E-state index >= 15 is 0 Å². The predicted molar refractivity (Wildman–Crippen MR) is 27.4 cm³/mol. The van der Waals surface area contributed by atoms with Crippen molar-refractivity contribution < 1.29 is 39.3 Å². The van der Waals surface area contributed by atoms with E-state index in [2.05, 4.69) is 0 Å². The Morgan fingerprint density at radius 2 is 1.38 bits per heavy atom. The fourth-order valence-corrected chi connectivity index (χ4v) is 0.900. The third kappa shape index (κ3) is 1.88. The molecule has 0 saturated heterocycles. The Labute approximate surface area is 68.1 Å². The molecule has 10 heteroatoms. The van der Waals surface area contributed by atoms with Crippen LogP contribution in [-0.2, 0) is 10.1 Å². The number of hydrogen-bond acceptors (Lipinski definition) is 2. The van der Waals surface area contributed by atoms with Gasteiger partial charge in [0.2, 0.25) is 0 Å². The molecular weight excluding hydrogens is 230 g/mol. The Hall–Kier alpha value is -0.510. The molecule has 0 fully saturated rings. The van der Waals surface area contributed by atoms with Gasteiger partial charge in [-0.05, 0) is 0 Å². The van der Waals surface area contributed by atoms with Crippen LogP contribution in [0.2, 0.25) is 0 Å². The van der Waals surface area contributed by atoms with Gasteiger partial charge in [-0.3, -0.25) is 4.55 Å². The first-order valence-electron chi connectivity index (χ1n) is 2.45. The lowest BCUT2D eigenvalue weighted by Gasteiger charge is -2.23. The second kappa shape index (κ2) is 3.01. The van der Waals surface area contributed by atoms with Gasteiger partial charge >= 0.3 is 21.3 Å². The van der Waals surface area contributed by atoms with E-state index in [0.29, 0.717) is 0 Å². The van der Waals surface area contributed by atoms with Crippen molar-refractivity contribution in [2.45, 2.75) is 17.6 Å². The Morgan fingerprint density at radius 1 is 1.08 bits per heavy atom. The molecule has 1 N–H and O–H groups in total. The van der Waals surface area contributed by atoms with Crippen LogP contribution in [0, 0.1) is 0 Å². The van der Waals surface area contributed by atoms with Crippen LogP contribution in [0.3, 0.4) is 0 Å². The van der Waals surface area contributed by atoms with Crippen molar-refractivity contribution in [2.24, 2.45) is 0 Å². The number of hydrogen-bond donors (Lipinski definition) is 1. The molecule has 0 radical (unpaired) electrons. The van der Waals surface area contributed by atoms with Crippen LogP contribution >= 0.6 is 0 Å². The lowest BCUT2D eigenvalue weighted by Crippen LogP contribution is -2.53. The van der Waals surface area contributed by atoms with E-state index in [0.717, 1.165) is 0 Å². The van der Waals surface area contributed by atoms with Crippen molar-refractivity contribution in [1.29, 1.82) is 0 Å². The number of halogens is 6. The van der Waals surface area contributed by atoms with E-state index in [-0.39, 0.29) is 0 Å². The fourth-order valence-electron chi connectivity index (χ4n) is 0.383. The monoisotopic (exact) mass is 232 g/mol. The first-order valence-corrected chi connectivity index (χ1v) is 3.89. The molecule has 0 heterocycles. The number of alkyl halides is 6. The summed E-state index contributed by atoms with van der Waals surface area (Å²) < 4.78 is 96.6. The summed E-state index contributed by atoms with van der Waals surface area (Å²) in [5, 5.41) is -5.93. The Balaban J connectivity index is 5.50. The van der Waals surface area contributed by atoms with E-state index in [1.807, 2.05) is 0 Å². The molecule has 0 aliphatic heterocycles. The van der Waals surface area contributed by atoms with Crippen molar-refractivity contribution in [1.82, 2.24) is 0 Å². The smallest absolute Gasteiger partial charge is 0.283 e. The average Bonchev–Trinajstić information content (AvgIpc) is 1.80. The summed E-state index contributed by atoms with van der Waals surface area (Å²) in [4.78, 5) is 0. The first kappa shape index (κ1) is 12.5. The Kier molecular flexibility index (Phi) is 2.89. The van der Waals surface area contributed by atoms with Crippen molar-refractivity contribution in [3.05, 3.63) is 0 Å². The van der Waals surface area contributed by atoms with E-state index in [4.69, 9.17) is 4.55 Å². The van der Waals surface area contributed by atoms with E-state index in [9.17, 15) is 34.8 Å². The van der Waals surface area contributed by atoms with Gasteiger partial charge in [0.05, 0.1) is 0 Å². The molecule has 3 nitrogen and oxygen atoms in total. The minimum atomic E-state index is -6.56. The van der Waals surface area contributed by atoms with Crippen LogP contribution in [-0.4, -0.2) is 30.6 Å². The van der Waals surface area contributed by atoms with Crippen molar-refractivity contribution in [2.75, 3.05) is 0 Å². The van der Waals surface area contributed by atoms with E-state index in [1.165, 1.54) is 0 Å². The highest BCUT2D eigenvalue weighted by molar-refractivity contribution is 7.87. The summed E-state index contributed by atoms with van der Waals surface area (Å²) in [5.74, 6) is 0. The van der Waals surface area contributed by atoms with Crippen molar-refractivity contribution in [3.8, 4) is 0 Å². The van der Waals surface area contributed by atoms with Gasteiger partial charge in [0.15, 0.2) is 0 Å². The SMILES string of the molecule is O=S(=O)(O)C(F)(C(F)F)C(F)(F)F. The second-order valence-corrected chi connectivity index (χ2v) is 3.46. The zero-order valence-corrected chi connectivity index (χ0v) is 6.33. The van der Waals surface area contributed by atoms with Gasteiger partial charge in [-0.25, -0.2) is 13.2 Å². The maximum atomic E-state index is 12.2. The Bertz CT molecular complexity index is 280. The van der Waals surface area contributed by atoms with Crippen LogP contribution in [0.25, 0.3) is 0 Å². The molecule has 0 saturated carbocycles. The molecule has 0 rings (SSSR count). The molecule has 0 aromatic heterocycles. The zero-order valence-electron chi connectivity index (χ0n) is 5.52. The lowest BCUT2D eigenvalue weighted by atomic mass is 10.4. The minimum absolute atomic E-state index is 4.91. The van der Waals surface area contributed by atoms with Gasteiger partial charge < -0.3 is 0 Å². The summed E-state index contributed by atoms with van der Waals surface area (Å²) in [7, 11) is -6.56. The van der Waals surface area contributed by atoms with Crippen LogP contribution in [0.4, 0.5) is 26.3 Å². The highest BCUT2D eigenvalue weighted by Gasteiger charge is 2.72. The lowest BCUT2D eigenvalue weighted by molar-refractivity contribution is -0.233. The zero-order chi connectivity index (χ0) is 11.1. The standard InChI is InChI=1S/C3H2F6O3S/c4-1(5)2(6,3(7,8)9)13(10,11)12/h1H,(H,10,11,12). The maximum Gasteiger partial charge on any atom is 0.445 e. The molecule has 13 heavy (non-hydrogen) atoms. The van der Waals surface area contributed by atoms with E-state index in [1.54, 1.807) is 0 Å². The predicted octanol–water partition coefficient (Wildman–Crippen LogP) is 1.37. The van der Waals surface area contributed by atoms with Gasteiger partial charge in [-0.1, -0.05) is 0 Å². The molecular formula is C3H2F6O3S. The van der Waals surface area contributed by atoms with Gasteiger partial charge in [-0.15, -0.1) is 0 Å². The van der Waals surface area contributed by atoms with Crippen molar-refractivity contribution in [3.63, 3.8) is 0 Å². The van der Waals surface area contributed by atoms with Crippen molar-refractivity contribution >= 4 is 10.1 Å². The molecule has 0 amide bonds. The average molecular weight is 232 g/mol. The summed E-state index contributed by atoms with van der Waals surface area (Å²) in [6.07, 6.45) is -11.3. The van der Waals surface area contributed by atoms with Crippen LogP contribution in [0.15, 0.2) is 0 Å². The second-order valence-electron chi connectivity index (χ2n) is 1.92. The van der Waals surface area contributed by atoms with Gasteiger partial charge in [-0.2, -0.15) is 21.6 Å². The molecule has 80 valence electrons. The molecule has 1 unspecified atom stereocenters. The number of rotatable bonds is 2. The fraction of sp³-hybridized carbons (Fsp3) is 1.00. The maximum absolute atomic E-state index is 12.2. The molecule has 0 aliphatic carbocycles. The van der Waals surface area contributed by atoms with Gasteiger partial charge in [0, 0.05) is 0 Å². The van der Waals surface area contributed by atoms with Gasteiger partial charge in [0.1, 0.15) is 0 Å². The third-order valence-corrected chi connectivity index (χ3v) is 2.20. The Morgan fingerprint density at radius 3 is 1.38 bits per heavy atom. The molecule has 0 aromatic carbocycles. The summed E-state index contributed by atoms with van der Waals surface area (Å²) in [6, 6.07) is 0. The summed E-state index contributed by atoms with van der Waals surface area (Å²) in [5.41, 5.74) is 0. The minimum Gasteiger partial charge on any atom is -0.283 e. The van der Waals surface area contributed by atoms with Crippen LogP contribution in [0.5, 0.6) is 0 Å². The molecule has 1 atom stereocenters. The normalized spacial score (nSPS) is 18.8. The highest BCUT2D eigenvalue weighted by atomic mass is 32.2. The van der Waals surface area contributed by atoms with E-state index < -0.39 is 27.7 Å². The molecule has 0 spiro atoms. The van der Waals surface area contributed by atoms with Crippen LogP contribution < -0.4 is 0 Å². The van der Waals surface area contributed by atoms with Gasteiger partial charge in [0.25, 0.3) is 6.43 Å². The quantitative estimate of drug-likeness (QED) is 0.577. The highest BCUT2D eigenvalue weighted by Crippen LogP contribution is 2.42. The molecule has 0 aliphatic rings. The summed E-state index contributed by atoms with van der Waals surface area (Å²) >= 11 is 0. The summed E-state index contributed by atoms with van der Waals surface area (Å²) in [6.45, 7) is 0. The molecule has 0 aromatic rings. The topological polar surface area (TPSA) is 54.4 Å². The first-order chi connectivity index (χ1) is 5.44. The molecule has 0 bridgehead atoms. The largest absolute Gasteiger partial charge is 0.445 e. The third-order valence-electron chi connectivity index (χ3n) is 1.04.